The number of methoxy groups -OCH3 is 2. The van der Waals surface area contributed by atoms with Crippen molar-refractivity contribution >= 4 is 32.6 Å². The highest BCUT2D eigenvalue weighted by molar-refractivity contribution is 7.22. The molecule has 0 saturated carbocycles. The van der Waals surface area contributed by atoms with E-state index in [2.05, 4.69) is 40.8 Å². The predicted octanol–water partition coefficient (Wildman–Crippen LogP) is 2.68. The molecule has 1 fully saturated rings. The number of hydrogen-bond acceptors (Lipinski definition) is 8. The van der Waals surface area contributed by atoms with Crippen LogP contribution in [0.25, 0.3) is 10.2 Å². The lowest BCUT2D eigenvalue weighted by atomic mass is 10.1. The number of fused-ring (bicyclic) bond motifs is 1. The first-order valence-corrected chi connectivity index (χ1v) is 10.2. The maximum Gasteiger partial charge on any atom is 0.320 e. The van der Waals surface area contributed by atoms with E-state index in [9.17, 15) is 4.79 Å². The van der Waals surface area contributed by atoms with E-state index in [4.69, 9.17) is 14.5 Å². The van der Waals surface area contributed by atoms with Gasteiger partial charge in [0.15, 0.2) is 5.13 Å². The maximum atomic E-state index is 12.9. The third kappa shape index (κ3) is 3.69. The van der Waals surface area contributed by atoms with E-state index in [0.29, 0.717) is 19.0 Å². The second kappa shape index (κ2) is 7.82. The molecular weight excluding hydrogens is 390 g/mol. The summed E-state index contributed by atoms with van der Waals surface area (Å²) in [5.74, 6) is 0.152. The molecule has 0 aliphatic carbocycles. The monoisotopic (exact) mass is 413 g/mol. The van der Waals surface area contributed by atoms with Gasteiger partial charge in [-0.2, -0.15) is 9.97 Å². The minimum Gasteiger partial charge on any atom is -0.481 e. The van der Waals surface area contributed by atoms with Gasteiger partial charge < -0.3 is 19.3 Å². The minimum atomic E-state index is -0.153. The number of aromatic nitrogens is 3. The fraction of sp³-hybridized carbons (Fsp3) is 0.400. The van der Waals surface area contributed by atoms with Gasteiger partial charge in [-0.3, -0.25) is 4.79 Å². The van der Waals surface area contributed by atoms with E-state index in [1.807, 2.05) is 0 Å². The summed E-state index contributed by atoms with van der Waals surface area (Å²) >= 11 is 1.72. The Hall–Kier alpha value is -2.94. The zero-order chi connectivity index (χ0) is 20.5. The van der Waals surface area contributed by atoms with Gasteiger partial charge in [0.05, 0.1) is 24.4 Å². The Morgan fingerprint density at radius 2 is 1.72 bits per heavy atom. The van der Waals surface area contributed by atoms with E-state index in [0.717, 1.165) is 23.7 Å². The summed E-state index contributed by atoms with van der Waals surface area (Å²) in [7, 11) is 2.96. The Bertz CT molecular complexity index is 998. The number of nitrogens with zero attached hydrogens (tertiary/aromatic N) is 5. The summed E-state index contributed by atoms with van der Waals surface area (Å²) in [6.07, 6.45) is 0. The molecule has 1 saturated heterocycles. The zero-order valence-corrected chi connectivity index (χ0v) is 17.7. The molecule has 0 N–H and O–H groups in total. The van der Waals surface area contributed by atoms with E-state index in [-0.39, 0.29) is 17.6 Å². The van der Waals surface area contributed by atoms with Crippen LogP contribution in [0.15, 0.2) is 18.2 Å². The van der Waals surface area contributed by atoms with Gasteiger partial charge in [0.25, 0.3) is 5.91 Å². The van der Waals surface area contributed by atoms with Crippen LogP contribution in [-0.4, -0.2) is 66.2 Å². The van der Waals surface area contributed by atoms with Crippen LogP contribution in [0.3, 0.4) is 0 Å². The molecule has 0 radical (unpaired) electrons. The molecule has 1 aromatic carbocycles. The Kier molecular flexibility index (Phi) is 5.23. The highest BCUT2D eigenvalue weighted by atomic mass is 32.1. The topological polar surface area (TPSA) is 80.7 Å². The number of ether oxygens (including phenoxy) is 2. The Morgan fingerprint density at radius 1 is 1.00 bits per heavy atom. The van der Waals surface area contributed by atoms with Crippen molar-refractivity contribution in [3.05, 3.63) is 35.0 Å². The van der Waals surface area contributed by atoms with Gasteiger partial charge in [-0.05, 0) is 25.0 Å². The molecule has 2 aromatic heterocycles. The van der Waals surface area contributed by atoms with E-state index >= 15 is 0 Å². The third-order valence-corrected chi connectivity index (χ3v) is 6.31. The number of carbonyl (C=O) groups excluding carboxylic acids is 1. The number of aryl methyl sites for hydroxylation is 2. The molecule has 0 unspecified atom stereocenters. The van der Waals surface area contributed by atoms with Crippen LogP contribution in [0, 0.1) is 13.8 Å². The van der Waals surface area contributed by atoms with Crippen molar-refractivity contribution in [2.24, 2.45) is 0 Å². The van der Waals surface area contributed by atoms with Gasteiger partial charge in [0.2, 0.25) is 5.88 Å². The molecule has 8 nitrogen and oxygen atoms in total. The van der Waals surface area contributed by atoms with Gasteiger partial charge in [-0.1, -0.05) is 23.5 Å². The van der Waals surface area contributed by atoms with Gasteiger partial charge >= 0.3 is 6.01 Å². The Balaban J connectivity index is 1.49. The van der Waals surface area contributed by atoms with Crippen LogP contribution in [0.1, 0.15) is 21.6 Å². The first-order valence-electron chi connectivity index (χ1n) is 9.38. The van der Waals surface area contributed by atoms with Gasteiger partial charge in [-0.15, -0.1) is 0 Å². The largest absolute Gasteiger partial charge is 0.481 e. The van der Waals surface area contributed by atoms with E-state index in [1.165, 1.54) is 36.1 Å². The van der Waals surface area contributed by atoms with Crippen molar-refractivity contribution in [3.63, 3.8) is 0 Å². The minimum absolute atomic E-state index is 0.117. The van der Waals surface area contributed by atoms with Crippen molar-refractivity contribution in [1.29, 1.82) is 0 Å². The summed E-state index contributed by atoms with van der Waals surface area (Å²) in [5, 5.41) is 1.01. The van der Waals surface area contributed by atoms with Crippen LogP contribution < -0.4 is 14.4 Å². The van der Waals surface area contributed by atoms with Crippen LogP contribution in [0.2, 0.25) is 0 Å². The number of carbonyl (C=O) groups is 1. The molecule has 152 valence electrons. The van der Waals surface area contributed by atoms with Crippen LogP contribution in [0.5, 0.6) is 11.9 Å². The smallest absolute Gasteiger partial charge is 0.320 e. The molecule has 3 aromatic rings. The van der Waals surface area contributed by atoms with Crippen molar-refractivity contribution in [2.45, 2.75) is 13.8 Å². The Labute approximate surface area is 173 Å². The number of hydrogen-bond donors (Lipinski definition) is 0. The fourth-order valence-electron chi connectivity index (χ4n) is 3.36. The first-order chi connectivity index (χ1) is 14.0. The normalized spacial score (nSPS) is 14.3. The van der Waals surface area contributed by atoms with Crippen LogP contribution >= 0.6 is 11.3 Å². The number of benzene rings is 1. The molecule has 9 heteroatoms. The standard InChI is InChI=1S/C20H23N5O3S/c1-12-5-6-13(2)17-16(12)23-20(29-17)25-9-7-24(8-10-25)18(26)14-11-15(27-3)22-19(21-14)28-4/h5-6,11H,7-10H2,1-4H3. The van der Waals surface area contributed by atoms with E-state index < -0.39 is 0 Å². The molecule has 0 atom stereocenters. The van der Waals surface area contributed by atoms with E-state index in [1.54, 1.807) is 16.2 Å². The SMILES string of the molecule is COc1cc(C(=O)N2CCN(c3nc4c(C)ccc(C)c4s3)CC2)nc(OC)n1. The summed E-state index contributed by atoms with van der Waals surface area (Å²) in [6, 6.07) is 5.91. The van der Waals surface area contributed by atoms with Crippen LogP contribution in [-0.2, 0) is 0 Å². The molecule has 0 bridgehead atoms. The maximum absolute atomic E-state index is 12.9. The molecule has 1 aliphatic heterocycles. The first kappa shape index (κ1) is 19.4. The number of thiazole rings is 1. The predicted molar refractivity (Wildman–Crippen MR) is 112 cm³/mol. The summed E-state index contributed by atoms with van der Waals surface area (Å²) in [6.45, 7) is 6.85. The van der Waals surface area contributed by atoms with Crippen molar-refractivity contribution < 1.29 is 14.3 Å². The number of piperazine rings is 1. The van der Waals surface area contributed by atoms with Crippen molar-refractivity contribution in [1.82, 2.24) is 19.9 Å². The van der Waals surface area contributed by atoms with Gasteiger partial charge in [-0.25, -0.2) is 4.98 Å². The number of amides is 1. The number of rotatable bonds is 4. The molecule has 1 aliphatic rings. The summed E-state index contributed by atoms with van der Waals surface area (Å²) in [5.41, 5.74) is 3.78. The lowest BCUT2D eigenvalue weighted by Crippen LogP contribution is -2.49. The molecule has 29 heavy (non-hydrogen) atoms. The van der Waals surface area contributed by atoms with Crippen molar-refractivity contribution in [3.8, 4) is 11.9 Å². The highest BCUT2D eigenvalue weighted by Gasteiger charge is 2.26. The molecular formula is C20H23N5O3S. The van der Waals surface area contributed by atoms with Crippen molar-refractivity contribution in [2.75, 3.05) is 45.3 Å². The zero-order valence-electron chi connectivity index (χ0n) is 16.9. The fourth-order valence-corrected chi connectivity index (χ4v) is 4.52. The average Bonchev–Trinajstić information content (AvgIpc) is 3.22. The molecule has 4 rings (SSSR count). The lowest BCUT2D eigenvalue weighted by Gasteiger charge is -2.34. The van der Waals surface area contributed by atoms with Crippen LogP contribution in [0.4, 0.5) is 5.13 Å². The third-order valence-electron chi connectivity index (χ3n) is 5.06. The second-order valence-electron chi connectivity index (χ2n) is 6.94. The molecule has 3 heterocycles. The second-order valence-corrected chi connectivity index (χ2v) is 7.91. The van der Waals surface area contributed by atoms with Gasteiger partial charge in [0, 0.05) is 32.2 Å². The summed E-state index contributed by atoms with van der Waals surface area (Å²) in [4.78, 5) is 30.0. The average molecular weight is 414 g/mol. The van der Waals surface area contributed by atoms with Gasteiger partial charge in [0.1, 0.15) is 5.69 Å². The molecule has 0 spiro atoms. The summed E-state index contributed by atoms with van der Waals surface area (Å²) < 4.78 is 11.4. The molecule has 1 amide bonds. The lowest BCUT2D eigenvalue weighted by molar-refractivity contribution is 0.0739. The Morgan fingerprint density at radius 3 is 2.38 bits per heavy atom. The number of anilines is 1. The quantitative estimate of drug-likeness (QED) is 0.650. The highest BCUT2D eigenvalue weighted by Crippen LogP contribution is 2.33.